The van der Waals surface area contributed by atoms with E-state index in [1.165, 1.54) is 26.2 Å². The van der Waals surface area contributed by atoms with Gasteiger partial charge in [-0.15, -0.1) is 0 Å². The predicted molar refractivity (Wildman–Crippen MR) is 69.4 cm³/mol. The molecule has 0 fully saturated rings. The number of methoxy groups -OCH3 is 1. The highest BCUT2D eigenvalue weighted by Gasteiger charge is 2.20. The number of benzene rings is 1. The number of nitrogens with one attached hydrogen (secondary N) is 1. The van der Waals surface area contributed by atoms with Gasteiger partial charge in [0.25, 0.3) is 0 Å². The third-order valence-corrected chi connectivity index (χ3v) is 2.64. The Balaban J connectivity index is 2.53. The molecule has 1 aromatic rings. The van der Waals surface area contributed by atoms with Gasteiger partial charge in [-0.25, -0.2) is 4.79 Å². The van der Waals surface area contributed by atoms with E-state index >= 15 is 0 Å². The molecule has 2 atom stereocenters. The van der Waals surface area contributed by atoms with Gasteiger partial charge in [-0.2, -0.15) is 0 Å². The molecular formula is C13H18N2O4. The van der Waals surface area contributed by atoms with Crippen LogP contribution < -0.4 is 11.1 Å². The molecule has 104 valence electrons. The maximum absolute atomic E-state index is 11.8. The van der Waals surface area contributed by atoms with Crippen LogP contribution in [0.25, 0.3) is 0 Å². The Kier molecular flexibility index (Phi) is 5.32. The fraction of sp³-hybridized carbons (Fsp3) is 0.385. The predicted octanol–water partition coefficient (Wildman–Crippen LogP) is -0.0603. The molecule has 0 aliphatic carbocycles. The first-order valence-electron chi connectivity index (χ1n) is 5.85. The highest BCUT2D eigenvalue weighted by molar-refractivity contribution is 5.87. The van der Waals surface area contributed by atoms with Crippen molar-refractivity contribution in [1.29, 1.82) is 0 Å². The van der Waals surface area contributed by atoms with Crippen molar-refractivity contribution in [1.82, 2.24) is 5.32 Å². The molecule has 6 nitrogen and oxygen atoms in total. The lowest BCUT2D eigenvalue weighted by Crippen LogP contribution is -2.48. The topological polar surface area (TPSA) is 102 Å². The molecule has 4 N–H and O–H groups in total. The van der Waals surface area contributed by atoms with Crippen molar-refractivity contribution >= 4 is 11.9 Å². The summed E-state index contributed by atoms with van der Waals surface area (Å²) < 4.78 is 4.50. The summed E-state index contributed by atoms with van der Waals surface area (Å²) in [5.74, 6) is -0.794. The fourth-order valence-electron chi connectivity index (χ4n) is 1.53. The second-order valence-electron chi connectivity index (χ2n) is 4.23. The molecule has 1 amide bonds. The molecule has 0 bridgehead atoms. The number of aromatic hydroxyl groups is 1. The van der Waals surface area contributed by atoms with Gasteiger partial charge in [0.15, 0.2) is 0 Å². The number of carbonyl (C=O) groups excluding carboxylic acids is 2. The molecule has 6 heteroatoms. The van der Waals surface area contributed by atoms with E-state index in [0.29, 0.717) is 6.42 Å². The first kappa shape index (κ1) is 15.0. The Labute approximate surface area is 111 Å². The van der Waals surface area contributed by atoms with Gasteiger partial charge in [-0.3, -0.25) is 4.79 Å². The third-order valence-electron chi connectivity index (χ3n) is 2.64. The number of amides is 1. The number of hydrogen-bond donors (Lipinski definition) is 3. The van der Waals surface area contributed by atoms with E-state index in [0.717, 1.165) is 5.56 Å². The second kappa shape index (κ2) is 6.75. The lowest BCUT2D eigenvalue weighted by molar-refractivity contribution is -0.144. The summed E-state index contributed by atoms with van der Waals surface area (Å²) in [7, 11) is 1.25. The summed E-state index contributed by atoms with van der Waals surface area (Å²) in [5.41, 5.74) is 6.58. The van der Waals surface area contributed by atoms with Gasteiger partial charge in [-0.05, 0) is 31.0 Å². The molecule has 0 aromatic heterocycles. The van der Waals surface area contributed by atoms with Crippen LogP contribution in [-0.2, 0) is 20.7 Å². The highest BCUT2D eigenvalue weighted by Crippen LogP contribution is 2.10. The Morgan fingerprint density at radius 3 is 2.47 bits per heavy atom. The SMILES string of the molecule is COC(=O)[C@H](C)NC(=O)C(N)Cc1ccc(O)cc1. The molecule has 0 aliphatic rings. The number of phenolic OH excluding ortho intramolecular Hbond substituents is 1. The Morgan fingerprint density at radius 2 is 1.95 bits per heavy atom. The van der Waals surface area contributed by atoms with Crippen molar-refractivity contribution in [3.05, 3.63) is 29.8 Å². The van der Waals surface area contributed by atoms with E-state index in [1.807, 2.05) is 0 Å². The minimum absolute atomic E-state index is 0.154. The van der Waals surface area contributed by atoms with Gasteiger partial charge in [-0.1, -0.05) is 12.1 Å². The van der Waals surface area contributed by atoms with Crippen LogP contribution in [0.1, 0.15) is 12.5 Å². The van der Waals surface area contributed by atoms with Crippen molar-refractivity contribution < 1.29 is 19.4 Å². The van der Waals surface area contributed by atoms with Gasteiger partial charge >= 0.3 is 5.97 Å². The normalized spacial score (nSPS) is 13.4. The lowest BCUT2D eigenvalue weighted by atomic mass is 10.1. The van der Waals surface area contributed by atoms with E-state index in [9.17, 15) is 9.59 Å². The molecule has 0 saturated carbocycles. The van der Waals surface area contributed by atoms with Crippen LogP contribution in [0.15, 0.2) is 24.3 Å². The van der Waals surface area contributed by atoms with E-state index in [4.69, 9.17) is 10.8 Å². The third kappa shape index (κ3) is 4.59. The van der Waals surface area contributed by atoms with Crippen molar-refractivity contribution in [3.63, 3.8) is 0 Å². The molecule has 1 unspecified atom stereocenters. The van der Waals surface area contributed by atoms with Gasteiger partial charge in [0.05, 0.1) is 13.2 Å². The average Bonchev–Trinajstić information content (AvgIpc) is 2.40. The minimum Gasteiger partial charge on any atom is -0.508 e. The molecular weight excluding hydrogens is 248 g/mol. The summed E-state index contributed by atoms with van der Waals surface area (Å²) in [6.45, 7) is 1.52. The van der Waals surface area contributed by atoms with E-state index in [2.05, 4.69) is 10.1 Å². The van der Waals surface area contributed by atoms with Crippen LogP contribution in [0.2, 0.25) is 0 Å². The van der Waals surface area contributed by atoms with E-state index < -0.39 is 24.0 Å². The fourth-order valence-corrected chi connectivity index (χ4v) is 1.53. The number of carbonyl (C=O) groups is 2. The van der Waals surface area contributed by atoms with Crippen molar-refractivity contribution in [2.24, 2.45) is 5.73 Å². The number of esters is 1. The van der Waals surface area contributed by atoms with Crippen LogP contribution in [-0.4, -0.2) is 36.2 Å². The quantitative estimate of drug-likeness (QED) is 0.648. The molecule has 0 radical (unpaired) electrons. The molecule has 1 rings (SSSR count). The summed E-state index contributed by atoms with van der Waals surface area (Å²) in [5, 5.41) is 11.6. The zero-order chi connectivity index (χ0) is 14.4. The summed E-state index contributed by atoms with van der Waals surface area (Å²) in [4.78, 5) is 22.9. The number of phenols is 1. The van der Waals surface area contributed by atoms with E-state index in [1.54, 1.807) is 12.1 Å². The summed E-state index contributed by atoms with van der Waals surface area (Å²) >= 11 is 0. The standard InChI is InChI=1S/C13H18N2O4/c1-8(13(18)19-2)15-12(17)11(14)7-9-3-5-10(16)6-4-9/h3-6,8,11,16H,7,14H2,1-2H3,(H,15,17)/t8-,11?/m0/s1. The van der Waals surface area contributed by atoms with Crippen molar-refractivity contribution in [3.8, 4) is 5.75 Å². The minimum atomic E-state index is -0.767. The largest absolute Gasteiger partial charge is 0.508 e. The van der Waals surface area contributed by atoms with Crippen LogP contribution in [0, 0.1) is 0 Å². The monoisotopic (exact) mass is 266 g/mol. The second-order valence-corrected chi connectivity index (χ2v) is 4.23. The van der Waals surface area contributed by atoms with Gasteiger partial charge in [0.2, 0.25) is 5.91 Å². The van der Waals surface area contributed by atoms with Crippen LogP contribution in [0.4, 0.5) is 0 Å². The Bertz CT molecular complexity index is 444. The molecule has 0 spiro atoms. The molecule has 0 saturated heterocycles. The number of ether oxygens (including phenoxy) is 1. The number of hydrogen-bond acceptors (Lipinski definition) is 5. The van der Waals surface area contributed by atoms with Crippen molar-refractivity contribution in [2.45, 2.75) is 25.4 Å². The van der Waals surface area contributed by atoms with Crippen LogP contribution in [0.3, 0.4) is 0 Å². The first-order valence-corrected chi connectivity index (χ1v) is 5.85. The number of nitrogens with two attached hydrogens (primary N) is 1. The maximum Gasteiger partial charge on any atom is 0.328 e. The molecule has 19 heavy (non-hydrogen) atoms. The smallest absolute Gasteiger partial charge is 0.328 e. The zero-order valence-corrected chi connectivity index (χ0v) is 10.9. The zero-order valence-electron chi connectivity index (χ0n) is 10.9. The highest BCUT2D eigenvalue weighted by atomic mass is 16.5. The van der Waals surface area contributed by atoms with Gasteiger partial charge in [0.1, 0.15) is 11.8 Å². The summed E-state index contributed by atoms with van der Waals surface area (Å²) in [6.07, 6.45) is 0.319. The Morgan fingerprint density at radius 1 is 1.37 bits per heavy atom. The molecule has 1 aromatic carbocycles. The lowest BCUT2D eigenvalue weighted by Gasteiger charge is -2.16. The molecule has 0 heterocycles. The Hall–Kier alpha value is -2.08. The average molecular weight is 266 g/mol. The first-order chi connectivity index (χ1) is 8.93. The van der Waals surface area contributed by atoms with Gasteiger partial charge < -0.3 is 20.9 Å². The molecule has 0 aliphatic heterocycles. The van der Waals surface area contributed by atoms with Crippen LogP contribution in [0.5, 0.6) is 5.75 Å². The summed E-state index contributed by atoms with van der Waals surface area (Å²) in [6, 6.07) is 4.92. The van der Waals surface area contributed by atoms with Crippen molar-refractivity contribution in [2.75, 3.05) is 7.11 Å². The maximum atomic E-state index is 11.8. The van der Waals surface area contributed by atoms with E-state index in [-0.39, 0.29) is 5.75 Å². The van der Waals surface area contributed by atoms with Crippen LogP contribution >= 0.6 is 0 Å². The number of rotatable bonds is 5. The van der Waals surface area contributed by atoms with Gasteiger partial charge in [0, 0.05) is 0 Å².